The number of anilines is 1. The van der Waals surface area contributed by atoms with Crippen LogP contribution >= 0.6 is 11.8 Å². The van der Waals surface area contributed by atoms with Crippen LogP contribution < -0.4 is 10.0 Å². The molecule has 0 aliphatic carbocycles. The summed E-state index contributed by atoms with van der Waals surface area (Å²) in [6, 6.07) is 3.09. The Labute approximate surface area is 112 Å². The van der Waals surface area contributed by atoms with Gasteiger partial charge in [-0.05, 0) is 24.7 Å². The predicted octanol–water partition coefficient (Wildman–Crippen LogP) is 1.30. The third-order valence-corrected chi connectivity index (χ3v) is 5.51. The minimum Gasteiger partial charge on any atom is -0.373 e. The first kappa shape index (κ1) is 13.6. The van der Waals surface area contributed by atoms with Gasteiger partial charge in [0.05, 0.1) is 4.90 Å². The number of pyridine rings is 1. The molecule has 0 amide bonds. The van der Waals surface area contributed by atoms with Crippen molar-refractivity contribution in [3.8, 4) is 0 Å². The van der Waals surface area contributed by atoms with Crippen molar-refractivity contribution in [1.29, 1.82) is 0 Å². The molecule has 0 radical (unpaired) electrons. The van der Waals surface area contributed by atoms with Crippen LogP contribution in [-0.4, -0.2) is 38.0 Å². The van der Waals surface area contributed by atoms with Gasteiger partial charge in [-0.2, -0.15) is 11.8 Å². The summed E-state index contributed by atoms with van der Waals surface area (Å²) < 4.78 is 27.1. The fourth-order valence-corrected chi connectivity index (χ4v) is 4.30. The van der Waals surface area contributed by atoms with Crippen molar-refractivity contribution in [3.05, 3.63) is 18.3 Å². The van der Waals surface area contributed by atoms with E-state index in [2.05, 4.69) is 15.0 Å². The monoisotopic (exact) mass is 287 g/mol. The molecule has 2 heterocycles. The smallest absolute Gasteiger partial charge is 0.241 e. The lowest BCUT2D eigenvalue weighted by atomic mass is 10.2. The van der Waals surface area contributed by atoms with Gasteiger partial charge in [0.1, 0.15) is 5.82 Å². The third-order valence-electron chi connectivity index (χ3n) is 2.78. The first-order chi connectivity index (χ1) is 8.62. The van der Waals surface area contributed by atoms with Gasteiger partial charge in [0.15, 0.2) is 0 Å². The molecule has 18 heavy (non-hydrogen) atoms. The number of aromatic nitrogens is 1. The van der Waals surface area contributed by atoms with Crippen LogP contribution in [0.4, 0.5) is 5.82 Å². The molecular formula is C11H17N3O2S2. The van der Waals surface area contributed by atoms with Crippen LogP contribution in [0.5, 0.6) is 0 Å². The second kappa shape index (κ2) is 5.90. The lowest BCUT2D eigenvalue weighted by Gasteiger charge is -2.22. The molecule has 7 heteroatoms. The molecule has 0 aromatic carbocycles. The molecule has 5 nitrogen and oxygen atoms in total. The van der Waals surface area contributed by atoms with Crippen LogP contribution in [0.25, 0.3) is 0 Å². The minimum atomic E-state index is -3.44. The van der Waals surface area contributed by atoms with Crippen LogP contribution in [0, 0.1) is 0 Å². The average molecular weight is 287 g/mol. The molecule has 1 aliphatic rings. The number of sulfonamides is 1. The Bertz CT molecular complexity index is 499. The number of rotatable bonds is 4. The Morgan fingerprint density at radius 1 is 1.50 bits per heavy atom. The normalized spacial score (nSPS) is 20.6. The van der Waals surface area contributed by atoms with Crippen LogP contribution in [0.1, 0.15) is 12.8 Å². The zero-order valence-corrected chi connectivity index (χ0v) is 11.9. The van der Waals surface area contributed by atoms with Gasteiger partial charge in [0.2, 0.25) is 10.0 Å². The molecule has 1 aromatic rings. The zero-order chi connectivity index (χ0) is 13.0. The van der Waals surface area contributed by atoms with E-state index in [-0.39, 0.29) is 10.9 Å². The van der Waals surface area contributed by atoms with Crippen LogP contribution in [0.15, 0.2) is 23.2 Å². The molecule has 1 aliphatic heterocycles. The van der Waals surface area contributed by atoms with Crippen molar-refractivity contribution in [3.63, 3.8) is 0 Å². The van der Waals surface area contributed by atoms with Crippen molar-refractivity contribution >= 4 is 27.6 Å². The first-order valence-corrected chi connectivity index (χ1v) is 8.49. The summed E-state index contributed by atoms with van der Waals surface area (Å²) >= 11 is 1.79. The lowest BCUT2D eigenvalue weighted by molar-refractivity contribution is 0.543. The number of hydrogen-bond donors (Lipinski definition) is 2. The summed E-state index contributed by atoms with van der Waals surface area (Å²) in [5.41, 5.74) is 0. The molecule has 1 aromatic heterocycles. The number of thioether (sulfide) groups is 1. The van der Waals surface area contributed by atoms with E-state index in [4.69, 9.17) is 0 Å². The largest absolute Gasteiger partial charge is 0.373 e. The molecule has 1 fully saturated rings. The van der Waals surface area contributed by atoms with Gasteiger partial charge in [-0.25, -0.2) is 18.1 Å². The SMILES string of the molecule is CNc1cc(S(=O)(=O)NC2CCCSC2)ccn1. The van der Waals surface area contributed by atoms with E-state index in [0.29, 0.717) is 5.82 Å². The molecule has 100 valence electrons. The van der Waals surface area contributed by atoms with E-state index >= 15 is 0 Å². The molecule has 2 rings (SSSR count). The summed E-state index contributed by atoms with van der Waals surface area (Å²) in [7, 11) is -1.72. The maximum Gasteiger partial charge on any atom is 0.241 e. The first-order valence-electron chi connectivity index (χ1n) is 5.86. The zero-order valence-electron chi connectivity index (χ0n) is 10.2. The third kappa shape index (κ3) is 3.37. The van der Waals surface area contributed by atoms with E-state index in [0.717, 1.165) is 24.3 Å². The Kier molecular flexibility index (Phi) is 4.47. The Morgan fingerprint density at radius 2 is 2.33 bits per heavy atom. The summed E-state index contributed by atoms with van der Waals surface area (Å²) in [5.74, 6) is 2.52. The molecule has 1 unspecified atom stereocenters. The van der Waals surface area contributed by atoms with Crippen LogP contribution in [-0.2, 0) is 10.0 Å². The predicted molar refractivity (Wildman–Crippen MR) is 74.5 cm³/mol. The van der Waals surface area contributed by atoms with Crippen LogP contribution in [0.2, 0.25) is 0 Å². The summed E-state index contributed by atoms with van der Waals surface area (Å²) in [4.78, 5) is 4.27. The fourth-order valence-electron chi connectivity index (χ4n) is 1.84. The van der Waals surface area contributed by atoms with Crippen molar-refractivity contribution in [2.75, 3.05) is 23.9 Å². The van der Waals surface area contributed by atoms with Gasteiger partial charge in [-0.3, -0.25) is 0 Å². The summed E-state index contributed by atoms with van der Waals surface area (Å²) in [6.07, 6.45) is 3.47. The average Bonchev–Trinajstić information content (AvgIpc) is 2.39. The number of nitrogens with zero attached hydrogens (tertiary/aromatic N) is 1. The maximum atomic E-state index is 12.2. The number of hydrogen-bond acceptors (Lipinski definition) is 5. The molecule has 0 spiro atoms. The molecular weight excluding hydrogens is 270 g/mol. The van der Waals surface area contributed by atoms with Gasteiger partial charge in [0.25, 0.3) is 0 Å². The van der Waals surface area contributed by atoms with Gasteiger partial charge in [-0.1, -0.05) is 0 Å². The molecule has 2 N–H and O–H groups in total. The molecule has 0 bridgehead atoms. The highest BCUT2D eigenvalue weighted by Crippen LogP contribution is 2.19. The molecule has 1 atom stereocenters. The van der Waals surface area contributed by atoms with E-state index in [1.807, 2.05) is 0 Å². The maximum absolute atomic E-state index is 12.2. The standard InChI is InChI=1S/C11H17N3O2S2/c1-12-11-7-10(4-5-13-11)18(15,16)14-9-3-2-6-17-8-9/h4-5,7,9,14H,2-3,6,8H2,1H3,(H,12,13). The Hall–Kier alpha value is -0.790. The second-order valence-electron chi connectivity index (χ2n) is 4.16. The van der Waals surface area contributed by atoms with Gasteiger partial charge in [0, 0.05) is 31.1 Å². The number of nitrogens with one attached hydrogen (secondary N) is 2. The fraction of sp³-hybridized carbons (Fsp3) is 0.545. The molecule has 0 saturated carbocycles. The van der Waals surface area contributed by atoms with Crippen molar-refractivity contribution in [1.82, 2.24) is 9.71 Å². The highest BCUT2D eigenvalue weighted by molar-refractivity contribution is 7.99. The van der Waals surface area contributed by atoms with Gasteiger partial charge < -0.3 is 5.32 Å². The quantitative estimate of drug-likeness (QED) is 0.873. The summed E-state index contributed by atoms with van der Waals surface area (Å²) in [6.45, 7) is 0. The summed E-state index contributed by atoms with van der Waals surface area (Å²) in [5, 5.41) is 2.84. The van der Waals surface area contributed by atoms with Gasteiger partial charge in [-0.15, -0.1) is 0 Å². The van der Waals surface area contributed by atoms with Gasteiger partial charge >= 0.3 is 0 Å². The Balaban J connectivity index is 2.13. The van der Waals surface area contributed by atoms with E-state index in [1.165, 1.54) is 18.3 Å². The second-order valence-corrected chi connectivity index (χ2v) is 7.03. The lowest BCUT2D eigenvalue weighted by Crippen LogP contribution is -2.38. The van der Waals surface area contributed by atoms with E-state index in [9.17, 15) is 8.42 Å². The highest BCUT2D eigenvalue weighted by Gasteiger charge is 2.22. The highest BCUT2D eigenvalue weighted by atomic mass is 32.2. The van der Waals surface area contributed by atoms with E-state index < -0.39 is 10.0 Å². The molecule has 1 saturated heterocycles. The van der Waals surface area contributed by atoms with Crippen molar-refractivity contribution in [2.45, 2.75) is 23.8 Å². The van der Waals surface area contributed by atoms with Crippen molar-refractivity contribution < 1.29 is 8.42 Å². The van der Waals surface area contributed by atoms with Crippen LogP contribution in [0.3, 0.4) is 0 Å². The van der Waals surface area contributed by atoms with E-state index in [1.54, 1.807) is 18.8 Å². The minimum absolute atomic E-state index is 0.0416. The van der Waals surface area contributed by atoms with Crippen molar-refractivity contribution in [2.24, 2.45) is 0 Å². The Morgan fingerprint density at radius 3 is 3.00 bits per heavy atom. The topological polar surface area (TPSA) is 71.1 Å².